The monoisotopic (exact) mass is 579 g/mol. The van der Waals surface area contributed by atoms with Crippen molar-refractivity contribution in [2.75, 3.05) is 14.2 Å². The van der Waals surface area contributed by atoms with Crippen molar-refractivity contribution < 1.29 is 33.3 Å². The highest BCUT2D eigenvalue weighted by atomic mass is 32.1. The Balaban J connectivity index is 1.89. The molecule has 0 unspecified atom stereocenters. The number of rotatable bonds is 9. The van der Waals surface area contributed by atoms with Crippen LogP contribution in [0.5, 0.6) is 17.2 Å². The summed E-state index contributed by atoms with van der Waals surface area (Å²) in [5.74, 6) is -2.56. The van der Waals surface area contributed by atoms with Gasteiger partial charge in [0, 0.05) is 40.9 Å². The number of aromatic nitrogens is 3. The number of hydrogen-bond acceptors (Lipinski definition) is 7. The summed E-state index contributed by atoms with van der Waals surface area (Å²) >= 11 is 1.44. The largest absolute Gasteiger partial charge is 0.507 e. The second-order valence-electron chi connectivity index (χ2n) is 10.1. The Morgan fingerprint density at radius 3 is 2.46 bits per heavy atom. The van der Waals surface area contributed by atoms with Gasteiger partial charge in [0.2, 0.25) is 0 Å². The Bertz CT molecular complexity index is 1770. The van der Waals surface area contributed by atoms with Crippen LogP contribution in [0.4, 0.5) is 8.78 Å². The van der Waals surface area contributed by atoms with E-state index in [-0.39, 0.29) is 22.8 Å². The summed E-state index contributed by atoms with van der Waals surface area (Å²) in [6.07, 6.45) is 1.17. The van der Waals surface area contributed by atoms with Crippen LogP contribution in [0.1, 0.15) is 41.3 Å². The van der Waals surface area contributed by atoms with E-state index < -0.39 is 23.0 Å². The number of carboxylic acids is 1. The van der Waals surface area contributed by atoms with Crippen molar-refractivity contribution in [3.05, 3.63) is 81.9 Å². The van der Waals surface area contributed by atoms with E-state index in [0.29, 0.717) is 46.3 Å². The third kappa shape index (κ3) is 5.08. The first-order valence-electron chi connectivity index (χ1n) is 12.6. The fourth-order valence-corrected chi connectivity index (χ4v) is 5.74. The van der Waals surface area contributed by atoms with Crippen LogP contribution in [0.25, 0.3) is 27.7 Å². The average molecular weight is 580 g/mol. The molecule has 0 spiro atoms. The van der Waals surface area contributed by atoms with Gasteiger partial charge in [-0.3, -0.25) is 0 Å². The van der Waals surface area contributed by atoms with Crippen molar-refractivity contribution in [2.24, 2.45) is 0 Å². The molecule has 8 nitrogen and oxygen atoms in total. The molecule has 2 N–H and O–H groups in total. The molecule has 0 fully saturated rings. The standard InChI is InChI=1S/C30H27F2N3O5S/c1-30(2,10-9-25-34-33-15-41-25)28-26(16-5-7-19(29(37)38)23(11-16)39-3)27-21(12-17(31)13-22(27)36)35(28)18-6-8-20(32)24(14-18)40-4/h5-8,11-15,36H,9-10H2,1-4H3,(H,37,38). The molecule has 41 heavy (non-hydrogen) atoms. The van der Waals surface area contributed by atoms with Gasteiger partial charge >= 0.3 is 5.97 Å². The zero-order valence-corrected chi connectivity index (χ0v) is 23.6. The van der Waals surface area contributed by atoms with Gasteiger partial charge in [-0.2, -0.15) is 0 Å². The van der Waals surface area contributed by atoms with Crippen LogP contribution in [0.3, 0.4) is 0 Å². The molecule has 5 aromatic rings. The van der Waals surface area contributed by atoms with E-state index in [1.807, 2.05) is 13.8 Å². The zero-order chi connectivity index (χ0) is 29.5. The summed E-state index contributed by atoms with van der Waals surface area (Å²) in [5, 5.41) is 30.1. The lowest BCUT2D eigenvalue weighted by Gasteiger charge is -2.29. The molecule has 0 radical (unpaired) electrons. The summed E-state index contributed by atoms with van der Waals surface area (Å²) in [6.45, 7) is 4.03. The first kappa shape index (κ1) is 28.0. The summed E-state index contributed by atoms with van der Waals surface area (Å²) < 4.78 is 41.8. The number of aromatic carboxylic acids is 1. The molecule has 0 saturated carbocycles. The fraction of sp³-hybridized carbons (Fsp3) is 0.233. The second kappa shape index (κ2) is 10.8. The van der Waals surface area contributed by atoms with Crippen LogP contribution in [-0.4, -0.2) is 45.2 Å². The number of nitrogens with zero attached hydrogens (tertiary/aromatic N) is 3. The lowest BCUT2D eigenvalue weighted by atomic mass is 9.80. The molecular weight excluding hydrogens is 552 g/mol. The number of aryl methyl sites for hydroxylation is 1. The number of methoxy groups -OCH3 is 2. The molecule has 2 aromatic heterocycles. The van der Waals surface area contributed by atoms with Crippen molar-refractivity contribution in [2.45, 2.75) is 32.1 Å². The molecule has 0 bridgehead atoms. The van der Waals surface area contributed by atoms with Crippen molar-refractivity contribution in [3.8, 4) is 34.1 Å². The van der Waals surface area contributed by atoms with Gasteiger partial charge in [0.05, 0.1) is 25.1 Å². The maximum Gasteiger partial charge on any atom is 0.339 e. The van der Waals surface area contributed by atoms with E-state index in [1.165, 1.54) is 49.8 Å². The van der Waals surface area contributed by atoms with Crippen molar-refractivity contribution in [1.82, 2.24) is 14.8 Å². The highest BCUT2D eigenvalue weighted by Gasteiger charge is 2.34. The fourth-order valence-electron chi connectivity index (χ4n) is 5.21. The number of fused-ring (bicyclic) bond motifs is 1. The third-order valence-corrected chi connectivity index (χ3v) is 7.89. The SMILES string of the molecule is COc1cc(-n2c(C(C)(C)CCc3nncs3)c(-c3ccc(C(=O)O)c(OC)c3)c3c(O)cc(F)cc32)ccc1F. The lowest BCUT2D eigenvalue weighted by molar-refractivity contribution is 0.0693. The Labute approximate surface area is 238 Å². The second-order valence-corrected chi connectivity index (χ2v) is 11.1. The van der Waals surface area contributed by atoms with Crippen LogP contribution in [-0.2, 0) is 11.8 Å². The van der Waals surface area contributed by atoms with Crippen LogP contribution < -0.4 is 9.47 Å². The molecule has 0 aliphatic carbocycles. The highest BCUT2D eigenvalue weighted by molar-refractivity contribution is 7.09. The van der Waals surface area contributed by atoms with E-state index in [0.717, 1.165) is 11.1 Å². The number of aromatic hydroxyl groups is 1. The molecule has 0 amide bonds. The van der Waals surface area contributed by atoms with Crippen LogP contribution in [0.2, 0.25) is 0 Å². The van der Waals surface area contributed by atoms with Crippen molar-refractivity contribution in [1.29, 1.82) is 0 Å². The molecule has 0 atom stereocenters. The first-order chi connectivity index (χ1) is 19.6. The minimum atomic E-state index is -1.16. The molecule has 0 aliphatic rings. The molecular formula is C30H27F2N3O5S. The molecule has 11 heteroatoms. The lowest BCUT2D eigenvalue weighted by Crippen LogP contribution is -2.23. The number of hydrogen-bond donors (Lipinski definition) is 2. The van der Waals surface area contributed by atoms with E-state index in [1.54, 1.807) is 28.3 Å². The maximum absolute atomic E-state index is 14.9. The number of carbonyl (C=O) groups is 1. The Hall–Kier alpha value is -4.51. The van der Waals surface area contributed by atoms with E-state index in [4.69, 9.17) is 9.47 Å². The normalized spacial score (nSPS) is 11.7. The number of benzene rings is 3. The highest BCUT2D eigenvalue weighted by Crippen LogP contribution is 2.48. The smallest absolute Gasteiger partial charge is 0.339 e. The Kier molecular flexibility index (Phi) is 7.39. The summed E-state index contributed by atoms with van der Waals surface area (Å²) in [6, 6.07) is 11.3. The molecule has 212 valence electrons. The third-order valence-electron chi connectivity index (χ3n) is 7.14. The number of phenolic OH excluding ortho intramolecular Hbond substituents is 1. The van der Waals surface area contributed by atoms with Crippen LogP contribution in [0.15, 0.2) is 54.0 Å². The van der Waals surface area contributed by atoms with Gasteiger partial charge in [-0.05, 0) is 42.3 Å². The number of phenols is 1. The van der Waals surface area contributed by atoms with Gasteiger partial charge in [0.1, 0.15) is 33.4 Å². The number of ether oxygens (including phenoxy) is 2. The average Bonchev–Trinajstić information content (AvgIpc) is 3.58. The van der Waals surface area contributed by atoms with Crippen molar-refractivity contribution in [3.63, 3.8) is 0 Å². The van der Waals surface area contributed by atoms with Gasteiger partial charge in [-0.1, -0.05) is 19.9 Å². The topological polar surface area (TPSA) is 107 Å². The van der Waals surface area contributed by atoms with Crippen LogP contribution in [0, 0.1) is 11.6 Å². The van der Waals surface area contributed by atoms with E-state index in [2.05, 4.69) is 10.2 Å². The predicted octanol–water partition coefficient (Wildman–Crippen LogP) is 6.76. The van der Waals surface area contributed by atoms with Gasteiger partial charge in [0.25, 0.3) is 0 Å². The van der Waals surface area contributed by atoms with Crippen LogP contribution >= 0.6 is 11.3 Å². The van der Waals surface area contributed by atoms with Gasteiger partial charge < -0.3 is 24.3 Å². The van der Waals surface area contributed by atoms with Gasteiger partial charge in [-0.15, -0.1) is 21.5 Å². The number of carboxylic acid groups (broad SMARTS) is 1. The Morgan fingerprint density at radius 2 is 1.80 bits per heavy atom. The van der Waals surface area contributed by atoms with Gasteiger partial charge in [-0.25, -0.2) is 13.6 Å². The summed E-state index contributed by atoms with van der Waals surface area (Å²) in [7, 11) is 2.73. The minimum Gasteiger partial charge on any atom is -0.507 e. The molecule has 2 heterocycles. The van der Waals surface area contributed by atoms with E-state index >= 15 is 0 Å². The number of halogens is 2. The summed E-state index contributed by atoms with van der Waals surface area (Å²) in [4.78, 5) is 11.8. The summed E-state index contributed by atoms with van der Waals surface area (Å²) in [5.41, 5.74) is 3.58. The Morgan fingerprint density at radius 1 is 1.05 bits per heavy atom. The quantitative estimate of drug-likeness (QED) is 0.199. The first-order valence-corrected chi connectivity index (χ1v) is 13.5. The zero-order valence-electron chi connectivity index (χ0n) is 22.7. The molecule has 5 rings (SSSR count). The predicted molar refractivity (Wildman–Crippen MR) is 152 cm³/mol. The van der Waals surface area contributed by atoms with Crippen molar-refractivity contribution >= 4 is 28.2 Å². The van der Waals surface area contributed by atoms with E-state index in [9.17, 15) is 23.8 Å². The minimum absolute atomic E-state index is 0.00313. The van der Waals surface area contributed by atoms with Gasteiger partial charge in [0.15, 0.2) is 11.6 Å². The molecule has 3 aromatic carbocycles. The molecule has 0 aliphatic heterocycles. The maximum atomic E-state index is 14.9. The molecule has 0 saturated heterocycles.